The van der Waals surface area contributed by atoms with Gasteiger partial charge in [-0.3, -0.25) is 9.59 Å². The van der Waals surface area contributed by atoms with Gasteiger partial charge in [0.25, 0.3) is 0 Å². The largest absolute Gasteiger partial charge is 0.481 e. The molecule has 1 radical (unpaired) electrons. The molecule has 2 aromatic carbocycles. The van der Waals surface area contributed by atoms with Gasteiger partial charge < -0.3 is 15.2 Å². The van der Waals surface area contributed by atoms with Gasteiger partial charge in [0.15, 0.2) is 0 Å². The van der Waals surface area contributed by atoms with E-state index in [0.717, 1.165) is 23.1 Å². The Balaban J connectivity index is 1.66. The van der Waals surface area contributed by atoms with Crippen LogP contribution in [0.4, 0.5) is 4.79 Å². The van der Waals surface area contributed by atoms with Gasteiger partial charge in [-0.15, -0.1) is 0 Å². The molecule has 1 aliphatic carbocycles. The molecule has 127 valence electrons. The van der Waals surface area contributed by atoms with Crippen molar-refractivity contribution in [2.24, 2.45) is 0 Å². The van der Waals surface area contributed by atoms with Crippen molar-refractivity contribution in [2.45, 2.75) is 25.5 Å². The average Bonchev–Trinajstić information content (AvgIpc) is 2.98. The molecular formula is C19H16NO5. The highest BCUT2D eigenvalue weighted by Crippen LogP contribution is 2.38. The lowest BCUT2D eigenvalue weighted by Gasteiger charge is -2.12. The minimum Gasteiger partial charge on any atom is -0.481 e. The third-order valence-electron chi connectivity index (χ3n) is 4.12. The maximum atomic E-state index is 11.8. The summed E-state index contributed by atoms with van der Waals surface area (Å²) in [6, 6.07) is 12.7. The Kier molecular flexibility index (Phi) is 4.79. The van der Waals surface area contributed by atoms with Crippen LogP contribution in [0.1, 0.15) is 23.1 Å². The summed E-state index contributed by atoms with van der Waals surface area (Å²) in [6.45, 7) is 0.0433. The van der Waals surface area contributed by atoms with Crippen LogP contribution in [-0.4, -0.2) is 29.5 Å². The number of hydrogen-bond acceptors (Lipinski definition) is 4. The topological polar surface area (TPSA) is 92.7 Å². The van der Waals surface area contributed by atoms with E-state index in [2.05, 4.69) is 17.4 Å². The molecule has 0 bridgehead atoms. The fraction of sp³-hybridized carbons (Fsp3) is 0.211. The van der Waals surface area contributed by atoms with Gasteiger partial charge >= 0.3 is 12.1 Å². The van der Waals surface area contributed by atoms with E-state index < -0.39 is 24.5 Å². The van der Waals surface area contributed by atoms with Crippen molar-refractivity contribution in [3.05, 3.63) is 59.2 Å². The summed E-state index contributed by atoms with van der Waals surface area (Å²) in [5.74, 6) is -1.20. The van der Waals surface area contributed by atoms with E-state index in [9.17, 15) is 14.4 Å². The molecule has 0 saturated carbocycles. The molecule has 0 fully saturated rings. The Morgan fingerprint density at radius 1 is 1.16 bits per heavy atom. The second kappa shape index (κ2) is 7.17. The molecule has 6 nitrogen and oxygen atoms in total. The van der Waals surface area contributed by atoms with Crippen molar-refractivity contribution >= 4 is 18.3 Å². The fourth-order valence-corrected chi connectivity index (χ4v) is 2.98. The monoisotopic (exact) mass is 338 g/mol. The van der Waals surface area contributed by atoms with E-state index in [1.807, 2.05) is 30.3 Å². The molecule has 0 aromatic heterocycles. The molecule has 0 spiro atoms. The summed E-state index contributed by atoms with van der Waals surface area (Å²) in [5, 5.41) is 10.8. The van der Waals surface area contributed by atoms with Crippen molar-refractivity contribution in [1.29, 1.82) is 0 Å². The normalized spacial score (nSPS) is 12.6. The zero-order chi connectivity index (χ0) is 17.8. The molecule has 1 amide bonds. The highest BCUT2D eigenvalue weighted by atomic mass is 16.5. The van der Waals surface area contributed by atoms with Crippen LogP contribution >= 0.6 is 0 Å². The molecule has 1 aliphatic rings. The van der Waals surface area contributed by atoms with Crippen LogP contribution in [0, 0.1) is 0 Å². The maximum absolute atomic E-state index is 11.8. The Hall–Kier alpha value is -3.15. The lowest BCUT2D eigenvalue weighted by atomic mass is 10.0. The first kappa shape index (κ1) is 16.7. The van der Waals surface area contributed by atoms with Crippen LogP contribution in [0.5, 0.6) is 0 Å². The first-order valence-corrected chi connectivity index (χ1v) is 7.80. The number of amides is 1. The minimum atomic E-state index is -1.23. The summed E-state index contributed by atoms with van der Waals surface area (Å²) in [7, 11) is 0. The Morgan fingerprint density at radius 3 is 2.68 bits per heavy atom. The van der Waals surface area contributed by atoms with E-state index in [4.69, 9.17) is 9.84 Å². The van der Waals surface area contributed by atoms with E-state index in [1.165, 1.54) is 17.4 Å². The SMILES string of the molecule is O=[C][C@H](CC(=O)O)NC(=O)OCc1cccc2c1Cc1ccccc1-2. The number of alkyl carbamates (subject to hydrolysis) is 1. The standard InChI is InChI=1S/C19H16NO5/c21-10-14(9-18(22)23)20-19(24)25-11-13-5-3-7-16-15-6-2-1-4-12(15)8-17(13)16/h1-7,14H,8-9,11H2,(H,20,24)(H,22,23)/t14-/m0/s1. The summed E-state index contributed by atoms with van der Waals surface area (Å²) < 4.78 is 5.14. The highest BCUT2D eigenvalue weighted by molar-refractivity contribution is 5.79. The molecule has 2 aromatic rings. The number of aliphatic carboxylic acids is 1. The number of benzene rings is 2. The number of carbonyl (C=O) groups excluding carboxylic acids is 2. The zero-order valence-electron chi connectivity index (χ0n) is 13.3. The lowest BCUT2D eigenvalue weighted by molar-refractivity contribution is -0.137. The molecule has 0 heterocycles. The van der Waals surface area contributed by atoms with Crippen LogP contribution < -0.4 is 5.32 Å². The second-order valence-corrected chi connectivity index (χ2v) is 5.77. The van der Waals surface area contributed by atoms with Gasteiger partial charge in [0.2, 0.25) is 6.29 Å². The Bertz CT molecular complexity index is 830. The van der Waals surface area contributed by atoms with Gasteiger partial charge in [-0.1, -0.05) is 42.5 Å². The minimum absolute atomic E-state index is 0.0433. The number of ether oxygens (including phenoxy) is 1. The van der Waals surface area contributed by atoms with Gasteiger partial charge in [-0.2, -0.15) is 0 Å². The Labute approximate surface area is 144 Å². The van der Waals surface area contributed by atoms with Crippen molar-refractivity contribution in [3.8, 4) is 11.1 Å². The fourth-order valence-electron chi connectivity index (χ4n) is 2.98. The van der Waals surface area contributed by atoms with Crippen LogP contribution in [0.25, 0.3) is 11.1 Å². The molecule has 0 saturated heterocycles. The quantitative estimate of drug-likeness (QED) is 0.720. The lowest BCUT2D eigenvalue weighted by Crippen LogP contribution is -2.37. The van der Waals surface area contributed by atoms with Gasteiger partial charge in [0.1, 0.15) is 12.6 Å². The number of carbonyl (C=O) groups is 2. The Morgan fingerprint density at radius 2 is 1.92 bits per heavy atom. The van der Waals surface area contributed by atoms with Crippen molar-refractivity contribution in [1.82, 2.24) is 5.32 Å². The first-order chi connectivity index (χ1) is 12.1. The molecule has 0 aliphatic heterocycles. The van der Waals surface area contributed by atoms with E-state index in [-0.39, 0.29) is 6.61 Å². The van der Waals surface area contributed by atoms with Crippen molar-refractivity contribution in [2.75, 3.05) is 0 Å². The summed E-state index contributed by atoms with van der Waals surface area (Å²) in [5.41, 5.74) is 5.53. The van der Waals surface area contributed by atoms with Crippen LogP contribution in [0.2, 0.25) is 0 Å². The van der Waals surface area contributed by atoms with Gasteiger partial charge in [-0.25, -0.2) is 4.79 Å². The van der Waals surface area contributed by atoms with E-state index >= 15 is 0 Å². The maximum Gasteiger partial charge on any atom is 0.408 e. The first-order valence-electron chi connectivity index (χ1n) is 7.80. The number of carboxylic acid groups (broad SMARTS) is 1. The highest BCUT2D eigenvalue weighted by Gasteiger charge is 2.21. The zero-order valence-corrected chi connectivity index (χ0v) is 13.3. The van der Waals surface area contributed by atoms with E-state index in [1.54, 1.807) is 0 Å². The smallest absolute Gasteiger partial charge is 0.408 e. The number of nitrogens with one attached hydrogen (secondary N) is 1. The van der Waals surface area contributed by atoms with Gasteiger partial charge in [-0.05, 0) is 34.2 Å². The van der Waals surface area contributed by atoms with Crippen molar-refractivity contribution in [3.63, 3.8) is 0 Å². The number of rotatable bonds is 6. The summed E-state index contributed by atoms with van der Waals surface area (Å²) in [6.07, 6.45) is 0.870. The van der Waals surface area contributed by atoms with Crippen molar-refractivity contribution < 1.29 is 24.2 Å². The molecule has 25 heavy (non-hydrogen) atoms. The van der Waals surface area contributed by atoms with Crippen LogP contribution in [-0.2, 0) is 27.4 Å². The molecule has 6 heteroatoms. The predicted octanol–water partition coefficient (Wildman–Crippen LogP) is 2.44. The van der Waals surface area contributed by atoms with Crippen LogP contribution in [0.15, 0.2) is 42.5 Å². The molecule has 0 unspecified atom stereocenters. The number of carboxylic acids is 1. The van der Waals surface area contributed by atoms with Gasteiger partial charge in [0, 0.05) is 0 Å². The third-order valence-corrected chi connectivity index (χ3v) is 4.12. The predicted molar refractivity (Wildman–Crippen MR) is 89.7 cm³/mol. The molecule has 3 rings (SSSR count). The number of hydrogen-bond donors (Lipinski definition) is 2. The third kappa shape index (κ3) is 3.68. The average molecular weight is 338 g/mol. The summed E-state index contributed by atoms with van der Waals surface area (Å²) >= 11 is 0. The summed E-state index contributed by atoms with van der Waals surface area (Å²) in [4.78, 5) is 33.0. The second-order valence-electron chi connectivity index (χ2n) is 5.77. The molecule has 2 N–H and O–H groups in total. The van der Waals surface area contributed by atoms with Gasteiger partial charge in [0.05, 0.1) is 6.42 Å². The van der Waals surface area contributed by atoms with Crippen LogP contribution in [0.3, 0.4) is 0 Å². The number of fused-ring (bicyclic) bond motifs is 3. The molecule has 1 atom stereocenters. The van der Waals surface area contributed by atoms with E-state index in [0.29, 0.717) is 0 Å². The molecular weight excluding hydrogens is 322 g/mol.